The van der Waals surface area contributed by atoms with E-state index in [4.69, 9.17) is 14.7 Å². The standard InChI is InChI=1S/C11H21NO2/c1-5-9(3)7-11(8-12)14-10(4)13-6-2/h9-11H,5-7H2,1-4H3. The fraction of sp³-hybridized carbons (Fsp3) is 0.909. The van der Waals surface area contributed by atoms with Gasteiger partial charge >= 0.3 is 0 Å². The van der Waals surface area contributed by atoms with Gasteiger partial charge in [0.15, 0.2) is 6.29 Å². The zero-order chi connectivity index (χ0) is 11.0. The number of hydrogen-bond donors (Lipinski definition) is 0. The molecule has 0 aliphatic heterocycles. The van der Waals surface area contributed by atoms with Crippen LogP contribution in [0.2, 0.25) is 0 Å². The summed E-state index contributed by atoms with van der Waals surface area (Å²) in [6, 6.07) is 2.15. The molecule has 0 fully saturated rings. The number of nitriles is 1. The molecular formula is C11H21NO2. The van der Waals surface area contributed by atoms with Gasteiger partial charge in [-0.25, -0.2) is 0 Å². The van der Waals surface area contributed by atoms with Crippen LogP contribution in [0.15, 0.2) is 0 Å². The van der Waals surface area contributed by atoms with Crippen LogP contribution in [0.1, 0.15) is 40.5 Å². The number of nitrogens with zero attached hydrogens (tertiary/aromatic N) is 1. The maximum atomic E-state index is 8.86. The third-order valence-corrected chi connectivity index (χ3v) is 2.21. The molecule has 0 aromatic carbocycles. The first kappa shape index (κ1) is 13.4. The van der Waals surface area contributed by atoms with E-state index in [0.29, 0.717) is 12.5 Å². The molecule has 0 bridgehead atoms. The average molecular weight is 199 g/mol. The first-order valence-electron chi connectivity index (χ1n) is 5.30. The Hall–Kier alpha value is -0.590. The second-order valence-electron chi connectivity index (χ2n) is 3.53. The second-order valence-corrected chi connectivity index (χ2v) is 3.53. The van der Waals surface area contributed by atoms with Crippen LogP contribution in [0.5, 0.6) is 0 Å². The van der Waals surface area contributed by atoms with Crippen molar-refractivity contribution in [2.45, 2.75) is 52.9 Å². The zero-order valence-electron chi connectivity index (χ0n) is 9.62. The van der Waals surface area contributed by atoms with E-state index >= 15 is 0 Å². The molecule has 0 heterocycles. The highest BCUT2D eigenvalue weighted by molar-refractivity contribution is 4.85. The molecular weight excluding hydrogens is 178 g/mol. The molecule has 3 atom stereocenters. The second kappa shape index (κ2) is 7.78. The van der Waals surface area contributed by atoms with Crippen molar-refractivity contribution in [1.29, 1.82) is 5.26 Å². The van der Waals surface area contributed by atoms with Crippen LogP contribution in [0.4, 0.5) is 0 Å². The van der Waals surface area contributed by atoms with Gasteiger partial charge in [-0.1, -0.05) is 20.3 Å². The van der Waals surface area contributed by atoms with E-state index in [0.717, 1.165) is 12.8 Å². The first-order valence-corrected chi connectivity index (χ1v) is 5.30. The van der Waals surface area contributed by atoms with Gasteiger partial charge in [-0.2, -0.15) is 5.26 Å². The summed E-state index contributed by atoms with van der Waals surface area (Å²) in [6.07, 6.45) is 1.23. The van der Waals surface area contributed by atoms with Gasteiger partial charge in [0.05, 0.1) is 6.07 Å². The summed E-state index contributed by atoms with van der Waals surface area (Å²) >= 11 is 0. The van der Waals surface area contributed by atoms with Crippen molar-refractivity contribution in [1.82, 2.24) is 0 Å². The molecule has 0 aromatic heterocycles. The highest BCUT2D eigenvalue weighted by Crippen LogP contribution is 2.13. The SMILES string of the molecule is CCOC(C)OC(C#N)CC(C)CC. The number of ether oxygens (including phenoxy) is 2. The van der Waals surface area contributed by atoms with Gasteiger partial charge < -0.3 is 9.47 Å². The predicted molar refractivity (Wildman–Crippen MR) is 55.6 cm³/mol. The topological polar surface area (TPSA) is 42.2 Å². The van der Waals surface area contributed by atoms with Crippen LogP contribution in [0, 0.1) is 17.2 Å². The van der Waals surface area contributed by atoms with Crippen molar-refractivity contribution < 1.29 is 9.47 Å². The highest BCUT2D eigenvalue weighted by atomic mass is 16.7. The fourth-order valence-corrected chi connectivity index (χ4v) is 1.18. The zero-order valence-corrected chi connectivity index (χ0v) is 9.62. The summed E-state index contributed by atoms with van der Waals surface area (Å²) < 4.78 is 10.6. The lowest BCUT2D eigenvalue weighted by molar-refractivity contribution is -0.147. The summed E-state index contributed by atoms with van der Waals surface area (Å²) in [7, 11) is 0. The van der Waals surface area contributed by atoms with Gasteiger partial charge in [0, 0.05) is 6.61 Å². The lowest BCUT2D eigenvalue weighted by atomic mass is 10.0. The molecule has 14 heavy (non-hydrogen) atoms. The molecule has 3 nitrogen and oxygen atoms in total. The molecule has 0 saturated carbocycles. The minimum absolute atomic E-state index is 0.284. The molecule has 0 amide bonds. The molecule has 0 N–H and O–H groups in total. The van der Waals surface area contributed by atoms with Gasteiger partial charge in [0.2, 0.25) is 0 Å². The van der Waals surface area contributed by atoms with E-state index in [1.807, 2.05) is 13.8 Å². The smallest absolute Gasteiger partial charge is 0.156 e. The minimum Gasteiger partial charge on any atom is -0.353 e. The highest BCUT2D eigenvalue weighted by Gasteiger charge is 2.15. The summed E-state index contributed by atoms with van der Waals surface area (Å²) in [4.78, 5) is 0. The monoisotopic (exact) mass is 199 g/mol. The quantitative estimate of drug-likeness (QED) is 0.592. The van der Waals surface area contributed by atoms with Gasteiger partial charge in [0.25, 0.3) is 0 Å². The maximum Gasteiger partial charge on any atom is 0.156 e. The van der Waals surface area contributed by atoms with Crippen LogP contribution in [0.25, 0.3) is 0 Å². The molecule has 3 heteroatoms. The lowest BCUT2D eigenvalue weighted by Gasteiger charge is -2.19. The Bertz CT molecular complexity index is 177. The lowest BCUT2D eigenvalue weighted by Crippen LogP contribution is -2.22. The van der Waals surface area contributed by atoms with E-state index in [2.05, 4.69) is 19.9 Å². The minimum atomic E-state index is -0.341. The Balaban J connectivity index is 3.85. The Labute approximate surface area is 87.0 Å². The molecule has 0 spiro atoms. The number of hydrogen-bond acceptors (Lipinski definition) is 3. The Kier molecular flexibility index (Phi) is 7.45. The van der Waals surface area contributed by atoms with Crippen LogP contribution in [0.3, 0.4) is 0 Å². The van der Waals surface area contributed by atoms with Gasteiger partial charge in [-0.15, -0.1) is 0 Å². The Morgan fingerprint density at radius 1 is 1.29 bits per heavy atom. The molecule has 82 valence electrons. The average Bonchev–Trinajstić information content (AvgIpc) is 2.16. The summed E-state index contributed by atoms with van der Waals surface area (Å²) in [5.41, 5.74) is 0. The van der Waals surface area contributed by atoms with Crippen molar-refractivity contribution in [3.05, 3.63) is 0 Å². The predicted octanol–water partition coefficient (Wildman–Crippen LogP) is 2.71. The molecule has 0 saturated heterocycles. The molecule has 0 radical (unpaired) electrons. The summed E-state index contributed by atoms with van der Waals surface area (Å²) in [5, 5.41) is 8.86. The van der Waals surface area contributed by atoms with E-state index in [1.54, 1.807) is 0 Å². The number of rotatable bonds is 7. The Morgan fingerprint density at radius 3 is 2.36 bits per heavy atom. The molecule has 3 unspecified atom stereocenters. The van der Waals surface area contributed by atoms with Crippen molar-refractivity contribution in [3.63, 3.8) is 0 Å². The third kappa shape index (κ3) is 5.95. The van der Waals surface area contributed by atoms with Crippen LogP contribution < -0.4 is 0 Å². The first-order chi connectivity index (χ1) is 6.63. The van der Waals surface area contributed by atoms with E-state index in [9.17, 15) is 0 Å². The van der Waals surface area contributed by atoms with Crippen molar-refractivity contribution >= 4 is 0 Å². The fourth-order valence-electron chi connectivity index (χ4n) is 1.18. The van der Waals surface area contributed by atoms with Crippen molar-refractivity contribution in [2.75, 3.05) is 6.61 Å². The maximum absolute atomic E-state index is 8.86. The van der Waals surface area contributed by atoms with Crippen molar-refractivity contribution in [3.8, 4) is 6.07 Å². The molecule has 0 aromatic rings. The van der Waals surface area contributed by atoms with E-state index < -0.39 is 0 Å². The van der Waals surface area contributed by atoms with E-state index in [1.165, 1.54) is 0 Å². The summed E-state index contributed by atoms with van der Waals surface area (Å²) in [6.45, 7) is 8.59. The van der Waals surface area contributed by atoms with Gasteiger partial charge in [-0.05, 0) is 26.2 Å². The van der Waals surface area contributed by atoms with Gasteiger partial charge in [0.1, 0.15) is 6.10 Å². The molecule has 0 rings (SSSR count). The normalized spacial score (nSPS) is 17.1. The van der Waals surface area contributed by atoms with E-state index in [-0.39, 0.29) is 12.4 Å². The molecule has 0 aliphatic rings. The van der Waals surface area contributed by atoms with Crippen LogP contribution >= 0.6 is 0 Å². The molecule has 0 aliphatic carbocycles. The van der Waals surface area contributed by atoms with Crippen LogP contribution in [-0.2, 0) is 9.47 Å². The summed E-state index contributed by atoms with van der Waals surface area (Å²) in [5.74, 6) is 0.522. The third-order valence-electron chi connectivity index (χ3n) is 2.21. The largest absolute Gasteiger partial charge is 0.353 e. The Morgan fingerprint density at radius 2 is 1.93 bits per heavy atom. The van der Waals surface area contributed by atoms with Crippen LogP contribution in [-0.4, -0.2) is 19.0 Å². The van der Waals surface area contributed by atoms with Gasteiger partial charge in [-0.3, -0.25) is 0 Å². The van der Waals surface area contributed by atoms with Crippen molar-refractivity contribution in [2.24, 2.45) is 5.92 Å².